The highest BCUT2D eigenvalue weighted by Gasteiger charge is 2.34. The molecule has 1 nitrogen and oxygen atoms in total. The van der Waals surface area contributed by atoms with E-state index >= 15 is 0 Å². The van der Waals surface area contributed by atoms with E-state index in [0.717, 1.165) is 35.9 Å². The van der Waals surface area contributed by atoms with Gasteiger partial charge in [-0.3, -0.25) is 0 Å². The first kappa shape index (κ1) is 19.7. The molecule has 0 unspecified atom stereocenters. The lowest BCUT2D eigenvalue weighted by Gasteiger charge is -2.12. The van der Waals surface area contributed by atoms with Gasteiger partial charge in [-0.2, -0.15) is 13.2 Å². The Morgan fingerprint density at radius 2 is 1.50 bits per heavy atom. The molecule has 0 saturated heterocycles. The molecule has 0 bridgehead atoms. The quantitative estimate of drug-likeness (QED) is 0.407. The highest BCUT2D eigenvalue weighted by atomic mass is 19.4. The molecule has 0 spiro atoms. The normalized spacial score (nSPS) is 12.1. The van der Waals surface area contributed by atoms with Crippen molar-refractivity contribution in [3.63, 3.8) is 0 Å². The zero-order valence-electron chi connectivity index (χ0n) is 14.9. The number of rotatable bonds is 6. The van der Waals surface area contributed by atoms with Crippen LogP contribution in [0.2, 0.25) is 0 Å². The predicted molar refractivity (Wildman–Crippen MR) is 102 cm³/mol. The number of hydrogen-bond acceptors (Lipinski definition) is 1. The van der Waals surface area contributed by atoms with Crippen molar-refractivity contribution >= 4 is 5.57 Å². The number of alkyl halides is 3. The van der Waals surface area contributed by atoms with E-state index < -0.39 is 17.6 Å². The molecule has 0 saturated carbocycles. The van der Waals surface area contributed by atoms with Crippen LogP contribution < -0.4 is 4.74 Å². The highest BCUT2D eigenvalue weighted by Crippen LogP contribution is 2.34. The molecule has 5 heteroatoms. The minimum Gasteiger partial charge on any atom is -0.457 e. The summed E-state index contributed by atoms with van der Waals surface area (Å²) in [6.07, 6.45) is -2.73. The number of aryl methyl sites for hydroxylation is 1. The highest BCUT2D eigenvalue weighted by molar-refractivity contribution is 5.69. The monoisotopic (exact) mass is 386 g/mol. The van der Waals surface area contributed by atoms with Gasteiger partial charge in [-0.05, 0) is 60.4 Å². The van der Waals surface area contributed by atoms with Crippen molar-refractivity contribution in [3.05, 3.63) is 102 Å². The molecule has 3 aromatic carbocycles. The lowest BCUT2D eigenvalue weighted by molar-refractivity contribution is -0.0690. The molecule has 3 aromatic rings. The van der Waals surface area contributed by atoms with Crippen molar-refractivity contribution < 1.29 is 22.3 Å². The van der Waals surface area contributed by atoms with E-state index in [1.54, 1.807) is 6.07 Å². The molecule has 0 radical (unpaired) electrons. The average Bonchev–Trinajstić information content (AvgIpc) is 2.66. The van der Waals surface area contributed by atoms with Crippen LogP contribution in [0.3, 0.4) is 0 Å². The fourth-order valence-corrected chi connectivity index (χ4v) is 2.80. The lowest BCUT2D eigenvalue weighted by Crippen LogP contribution is -2.11. The second-order valence-corrected chi connectivity index (χ2v) is 6.22. The van der Waals surface area contributed by atoms with Gasteiger partial charge in [0.2, 0.25) is 0 Å². The van der Waals surface area contributed by atoms with Crippen LogP contribution in [0.1, 0.15) is 17.5 Å². The predicted octanol–water partition coefficient (Wildman–Crippen LogP) is 7.20. The van der Waals surface area contributed by atoms with Gasteiger partial charge in [0.1, 0.15) is 17.3 Å². The van der Waals surface area contributed by atoms with Crippen LogP contribution in [0.15, 0.2) is 84.9 Å². The Labute approximate surface area is 160 Å². The van der Waals surface area contributed by atoms with Crippen molar-refractivity contribution in [1.82, 2.24) is 0 Å². The molecule has 0 N–H and O–H groups in total. The topological polar surface area (TPSA) is 9.23 Å². The largest absolute Gasteiger partial charge is 0.457 e. The zero-order valence-corrected chi connectivity index (χ0v) is 14.9. The van der Waals surface area contributed by atoms with E-state index in [2.05, 4.69) is 0 Å². The van der Waals surface area contributed by atoms with E-state index in [4.69, 9.17) is 4.74 Å². The Kier molecular flexibility index (Phi) is 6.14. The first-order valence-corrected chi connectivity index (χ1v) is 8.77. The summed E-state index contributed by atoms with van der Waals surface area (Å²) >= 11 is 0. The Morgan fingerprint density at radius 1 is 0.821 bits per heavy atom. The molecular weight excluding hydrogens is 368 g/mol. The van der Waals surface area contributed by atoms with Crippen LogP contribution in [0.4, 0.5) is 17.6 Å². The molecule has 0 aromatic heterocycles. The second-order valence-electron chi connectivity index (χ2n) is 6.22. The van der Waals surface area contributed by atoms with E-state index in [1.807, 2.05) is 48.5 Å². The minimum absolute atomic E-state index is 0.0462. The van der Waals surface area contributed by atoms with Gasteiger partial charge in [0.05, 0.1) is 5.57 Å². The van der Waals surface area contributed by atoms with Gasteiger partial charge in [0.15, 0.2) is 0 Å². The third-order valence-electron chi connectivity index (χ3n) is 4.12. The van der Waals surface area contributed by atoms with Gasteiger partial charge in [-0.25, -0.2) is 4.39 Å². The number of allylic oxidation sites excluding steroid dienone is 2. The smallest absolute Gasteiger partial charge is 0.416 e. The number of hydrogen-bond donors (Lipinski definition) is 0. The van der Waals surface area contributed by atoms with E-state index in [-0.39, 0.29) is 12.0 Å². The second kappa shape index (κ2) is 8.74. The van der Waals surface area contributed by atoms with Gasteiger partial charge >= 0.3 is 6.18 Å². The van der Waals surface area contributed by atoms with Crippen molar-refractivity contribution in [2.75, 3.05) is 0 Å². The molecule has 144 valence electrons. The Morgan fingerprint density at radius 3 is 2.18 bits per heavy atom. The van der Waals surface area contributed by atoms with E-state index in [0.29, 0.717) is 17.9 Å². The number of benzene rings is 3. The van der Waals surface area contributed by atoms with Crippen LogP contribution in [0.5, 0.6) is 11.5 Å². The molecule has 28 heavy (non-hydrogen) atoms. The van der Waals surface area contributed by atoms with E-state index in [9.17, 15) is 17.6 Å². The average molecular weight is 386 g/mol. The van der Waals surface area contributed by atoms with Gasteiger partial charge in [-0.1, -0.05) is 48.5 Å². The molecule has 3 rings (SSSR count). The van der Waals surface area contributed by atoms with Gasteiger partial charge < -0.3 is 4.74 Å². The number of halogens is 4. The van der Waals surface area contributed by atoms with Crippen molar-refractivity contribution in [1.29, 1.82) is 0 Å². The van der Waals surface area contributed by atoms with Crippen LogP contribution in [0.25, 0.3) is 5.57 Å². The minimum atomic E-state index is -4.50. The molecule has 0 heterocycles. The maximum atomic E-state index is 13.4. The Bertz CT molecular complexity index is 929. The zero-order chi connectivity index (χ0) is 20.0. The molecule has 0 aliphatic rings. The lowest BCUT2D eigenvalue weighted by atomic mass is 10.0. The molecule has 0 aliphatic heterocycles. The summed E-state index contributed by atoms with van der Waals surface area (Å²) < 4.78 is 58.8. The fraction of sp³-hybridized carbons (Fsp3) is 0.130. The number of ether oxygens (including phenoxy) is 1. The van der Waals surface area contributed by atoms with E-state index in [1.165, 1.54) is 0 Å². The third-order valence-corrected chi connectivity index (χ3v) is 4.12. The Balaban J connectivity index is 1.71. The summed E-state index contributed by atoms with van der Waals surface area (Å²) in [4.78, 5) is 0. The van der Waals surface area contributed by atoms with Crippen LogP contribution in [-0.4, -0.2) is 6.18 Å². The van der Waals surface area contributed by atoms with Gasteiger partial charge in [-0.15, -0.1) is 0 Å². The summed E-state index contributed by atoms with van der Waals surface area (Å²) in [5.41, 5.74) is 0.0598. The SMILES string of the molecule is Fc1ccc(C(=CCCc2cccc(Oc3ccccc3)c2)C(F)(F)F)cc1. The first-order chi connectivity index (χ1) is 13.4. The van der Waals surface area contributed by atoms with Gasteiger partial charge in [0.25, 0.3) is 0 Å². The fourth-order valence-electron chi connectivity index (χ4n) is 2.80. The standard InChI is InChI=1S/C23H18F4O/c24-19-14-12-18(13-15-19)22(23(25,26)27)11-5-7-17-6-4-10-21(16-17)28-20-8-2-1-3-9-20/h1-4,6,8-16H,5,7H2. The van der Waals surface area contributed by atoms with Gasteiger partial charge in [0, 0.05) is 0 Å². The van der Waals surface area contributed by atoms with Crippen LogP contribution in [-0.2, 0) is 6.42 Å². The maximum absolute atomic E-state index is 13.4. The summed E-state index contributed by atoms with van der Waals surface area (Å²) in [6, 6.07) is 20.9. The van der Waals surface area contributed by atoms with Crippen molar-refractivity contribution in [2.45, 2.75) is 19.0 Å². The first-order valence-electron chi connectivity index (χ1n) is 8.77. The van der Waals surface area contributed by atoms with Crippen LogP contribution >= 0.6 is 0 Å². The molecule has 0 atom stereocenters. The van der Waals surface area contributed by atoms with Crippen molar-refractivity contribution in [3.8, 4) is 11.5 Å². The molecule has 0 aliphatic carbocycles. The summed E-state index contributed by atoms with van der Waals surface area (Å²) in [5, 5.41) is 0. The Hall–Kier alpha value is -3.08. The molecule has 0 amide bonds. The van der Waals surface area contributed by atoms with Crippen molar-refractivity contribution in [2.24, 2.45) is 0 Å². The van der Waals surface area contributed by atoms with Crippen LogP contribution in [0, 0.1) is 5.82 Å². The maximum Gasteiger partial charge on any atom is 0.416 e. The third kappa shape index (κ3) is 5.46. The summed E-state index contributed by atoms with van der Waals surface area (Å²) in [6.45, 7) is 0. The summed E-state index contributed by atoms with van der Waals surface area (Å²) in [5.74, 6) is 0.748. The summed E-state index contributed by atoms with van der Waals surface area (Å²) in [7, 11) is 0. The molecular formula is C23H18F4O. The number of para-hydroxylation sites is 1. The molecule has 0 fully saturated rings.